The molecule has 0 saturated heterocycles. The van der Waals surface area contributed by atoms with Gasteiger partial charge < -0.3 is 9.84 Å². The van der Waals surface area contributed by atoms with Gasteiger partial charge >= 0.3 is 0 Å². The molecule has 0 fully saturated rings. The van der Waals surface area contributed by atoms with Gasteiger partial charge in [0.1, 0.15) is 0 Å². The lowest BCUT2D eigenvalue weighted by molar-refractivity contribution is 0.0955. The van der Waals surface area contributed by atoms with Gasteiger partial charge in [0.15, 0.2) is 11.5 Å². The second-order valence-corrected chi connectivity index (χ2v) is 6.30. The van der Waals surface area contributed by atoms with E-state index in [0.29, 0.717) is 27.4 Å². The third-order valence-electron chi connectivity index (χ3n) is 2.91. The van der Waals surface area contributed by atoms with Gasteiger partial charge in [-0.3, -0.25) is 4.79 Å². The fourth-order valence-corrected chi connectivity index (χ4v) is 2.79. The number of carbonyl (C=O) groups excluding carboxylic acids is 1. The summed E-state index contributed by atoms with van der Waals surface area (Å²) in [5.41, 5.74) is 3.27. The lowest BCUT2D eigenvalue weighted by atomic mass is 10.2. The van der Waals surface area contributed by atoms with Crippen molar-refractivity contribution in [3.63, 3.8) is 0 Å². The van der Waals surface area contributed by atoms with Crippen molar-refractivity contribution in [2.24, 2.45) is 5.10 Å². The molecule has 1 amide bonds. The first-order valence-electron chi connectivity index (χ1n) is 6.86. The van der Waals surface area contributed by atoms with Crippen molar-refractivity contribution < 1.29 is 14.6 Å². The number of hydrogen-bond donors (Lipinski definition) is 2. The Balaban J connectivity index is 2.12. The van der Waals surface area contributed by atoms with Crippen LogP contribution in [0, 0.1) is 0 Å². The van der Waals surface area contributed by atoms with Crippen molar-refractivity contribution in [3.05, 3.63) is 56.0 Å². The second kappa shape index (κ2) is 8.37. The van der Waals surface area contributed by atoms with Crippen molar-refractivity contribution >= 4 is 51.3 Å². The SMILES string of the molecule is CCOc1cc(/C=N/NC(=O)c2ccc(Cl)cc2Cl)cc(Br)c1O. The third kappa shape index (κ3) is 4.63. The summed E-state index contributed by atoms with van der Waals surface area (Å²) >= 11 is 15.0. The average molecular weight is 432 g/mol. The summed E-state index contributed by atoms with van der Waals surface area (Å²) in [6, 6.07) is 7.81. The Morgan fingerprint density at radius 2 is 2.12 bits per heavy atom. The Labute approximate surface area is 157 Å². The fraction of sp³-hybridized carbons (Fsp3) is 0.125. The zero-order chi connectivity index (χ0) is 17.7. The molecule has 0 aliphatic heterocycles. The van der Waals surface area contributed by atoms with E-state index in [1.54, 1.807) is 18.2 Å². The summed E-state index contributed by atoms with van der Waals surface area (Å²) in [5.74, 6) is -0.137. The highest BCUT2D eigenvalue weighted by atomic mass is 79.9. The monoisotopic (exact) mass is 430 g/mol. The molecule has 0 radical (unpaired) electrons. The molecule has 0 bridgehead atoms. The number of ether oxygens (including phenoxy) is 1. The smallest absolute Gasteiger partial charge is 0.272 e. The molecule has 126 valence electrons. The summed E-state index contributed by atoms with van der Waals surface area (Å²) in [6.07, 6.45) is 1.43. The van der Waals surface area contributed by atoms with Crippen LogP contribution < -0.4 is 10.2 Å². The molecule has 0 aliphatic carbocycles. The van der Waals surface area contributed by atoms with Crippen LogP contribution in [0.25, 0.3) is 0 Å². The molecule has 0 heterocycles. The van der Waals surface area contributed by atoms with Crippen LogP contribution in [0.3, 0.4) is 0 Å². The largest absolute Gasteiger partial charge is 0.503 e. The highest BCUT2D eigenvalue weighted by molar-refractivity contribution is 9.10. The molecule has 0 saturated carbocycles. The van der Waals surface area contributed by atoms with E-state index < -0.39 is 5.91 Å². The Morgan fingerprint density at radius 3 is 2.79 bits per heavy atom. The van der Waals surface area contributed by atoms with Crippen molar-refractivity contribution in [1.29, 1.82) is 0 Å². The number of benzene rings is 2. The maximum atomic E-state index is 12.0. The van der Waals surface area contributed by atoms with Gasteiger partial charge in [0, 0.05) is 5.02 Å². The predicted molar refractivity (Wildman–Crippen MR) is 98.5 cm³/mol. The molecule has 0 atom stereocenters. The van der Waals surface area contributed by atoms with E-state index in [2.05, 4.69) is 26.5 Å². The van der Waals surface area contributed by atoms with Gasteiger partial charge in [-0.15, -0.1) is 0 Å². The van der Waals surface area contributed by atoms with Gasteiger partial charge in [0.2, 0.25) is 0 Å². The van der Waals surface area contributed by atoms with Gasteiger partial charge in [-0.25, -0.2) is 5.43 Å². The highest BCUT2D eigenvalue weighted by Gasteiger charge is 2.10. The molecular formula is C16H13BrCl2N2O3. The van der Waals surface area contributed by atoms with Gasteiger partial charge in [-0.05, 0) is 58.7 Å². The van der Waals surface area contributed by atoms with Crippen molar-refractivity contribution in [1.82, 2.24) is 5.43 Å². The van der Waals surface area contributed by atoms with E-state index in [0.717, 1.165) is 0 Å². The van der Waals surface area contributed by atoms with Crippen LogP contribution >= 0.6 is 39.1 Å². The van der Waals surface area contributed by atoms with E-state index in [4.69, 9.17) is 27.9 Å². The summed E-state index contributed by atoms with van der Waals surface area (Å²) in [7, 11) is 0. The standard InChI is InChI=1S/C16H13BrCl2N2O3/c1-2-24-14-6-9(5-12(17)15(14)22)8-20-21-16(23)11-4-3-10(18)7-13(11)19/h3-8,22H,2H2,1H3,(H,21,23)/b20-8+. The number of nitrogens with zero attached hydrogens (tertiary/aromatic N) is 1. The number of carbonyl (C=O) groups is 1. The molecule has 0 aliphatic rings. The zero-order valence-electron chi connectivity index (χ0n) is 12.5. The molecule has 2 N–H and O–H groups in total. The van der Waals surface area contributed by atoms with E-state index in [-0.39, 0.29) is 16.3 Å². The summed E-state index contributed by atoms with van der Waals surface area (Å²) in [6.45, 7) is 2.22. The highest BCUT2D eigenvalue weighted by Crippen LogP contribution is 2.35. The van der Waals surface area contributed by atoms with Crippen molar-refractivity contribution in [2.45, 2.75) is 6.92 Å². The normalized spacial score (nSPS) is 10.8. The van der Waals surface area contributed by atoms with Crippen LogP contribution in [-0.4, -0.2) is 23.8 Å². The molecule has 2 aromatic rings. The number of rotatable bonds is 5. The molecule has 8 heteroatoms. The molecule has 5 nitrogen and oxygen atoms in total. The number of halogens is 3. The summed E-state index contributed by atoms with van der Waals surface area (Å²) in [5, 5.41) is 14.4. The Hall–Kier alpha value is -1.76. The summed E-state index contributed by atoms with van der Waals surface area (Å²) in [4.78, 5) is 12.0. The maximum absolute atomic E-state index is 12.0. The van der Waals surface area contributed by atoms with Crippen molar-refractivity contribution in [3.8, 4) is 11.5 Å². The second-order valence-electron chi connectivity index (χ2n) is 4.61. The first kappa shape index (κ1) is 18.6. The van der Waals surface area contributed by atoms with Crippen LogP contribution in [0.2, 0.25) is 10.0 Å². The average Bonchev–Trinajstić information content (AvgIpc) is 2.52. The van der Waals surface area contributed by atoms with Crippen molar-refractivity contribution in [2.75, 3.05) is 6.61 Å². The maximum Gasteiger partial charge on any atom is 0.272 e. The van der Waals surface area contributed by atoms with Crippen LogP contribution in [-0.2, 0) is 0 Å². The number of phenols is 1. The number of hydrazone groups is 1. The first-order chi connectivity index (χ1) is 11.4. The van der Waals surface area contributed by atoms with E-state index in [1.807, 2.05) is 6.92 Å². The number of hydrogen-bond acceptors (Lipinski definition) is 4. The van der Waals surface area contributed by atoms with Crippen LogP contribution in [0.5, 0.6) is 11.5 Å². The topological polar surface area (TPSA) is 70.9 Å². The molecule has 24 heavy (non-hydrogen) atoms. The molecule has 0 spiro atoms. The van der Waals surface area contributed by atoms with Gasteiger partial charge in [-0.1, -0.05) is 23.2 Å². The minimum atomic E-state index is -0.462. The zero-order valence-corrected chi connectivity index (χ0v) is 15.6. The van der Waals surface area contributed by atoms with E-state index >= 15 is 0 Å². The predicted octanol–water partition coefficient (Wildman–Crippen LogP) is 4.62. The third-order valence-corrected chi connectivity index (χ3v) is 4.06. The molecule has 2 rings (SSSR count). The molecular weight excluding hydrogens is 419 g/mol. The van der Waals surface area contributed by atoms with Gasteiger partial charge in [0.25, 0.3) is 5.91 Å². The number of nitrogens with one attached hydrogen (secondary N) is 1. The molecule has 0 unspecified atom stereocenters. The van der Waals surface area contributed by atoms with Crippen LogP contribution in [0.15, 0.2) is 39.9 Å². The molecule has 2 aromatic carbocycles. The quantitative estimate of drug-likeness (QED) is 0.535. The fourth-order valence-electron chi connectivity index (χ4n) is 1.83. The lowest BCUT2D eigenvalue weighted by Gasteiger charge is -2.08. The Kier molecular flexibility index (Phi) is 6.48. The number of aromatic hydroxyl groups is 1. The van der Waals surface area contributed by atoms with Crippen LogP contribution in [0.1, 0.15) is 22.8 Å². The number of amides is 1. The van der Waals surface area contributed by atoms with Gasteiger partial charge in [-0.2, -0.15) is 5.10 Å². The van der Waals surface area contributed by atoms with Crippen LogP contribution in [0.4, 0.5) is 0 Å². The van der Waals surface area contributed by atoms with Gasteiger partial charge in [0.05, 0.1) is 27.9 Å². The summed E-state index contributed by atoms with van der Waals surface area (Å²) < 4.78 is 5.78. The Morgan fingerprint density at radius 1 is 1.38 bits per heavy atom. The van der Waals surface area contributed by atoms with E-state index in [9.17, 15) is 9.90 Å². The van der Waals surface area contributed by atoms with E-state index in [1.165, 1.54) is 18.3 Å². The first-order valence-corrected chi connectivity index (χ1v) is 8.41. The minimum absolute atomic E-state index is 0.00554. The minimum Gasteiger partial charge on any atom is -0.503 e. The number of phenolic OH excluding ortho intramolecular Hbond substituents is 1. The molecule has 0 aromatic heterocycles. The lowest BCUT2D eigenvalue weighted by Crippen LogP contribution is -2.18. The Bertz CT molecular complexity index is 797.